The first-order valence-electron chi connectivity index (χ1n) is 6.97. The molecule has 0 aromatic carbocycles. The predicted molar refractivity (Wildman–Crippen MR) is 83.3 cm³/mol. The monoisotopic (exact) mass is 302 g/mol. The number of nitrogens with one attached hydrogen (secondary N) is 1. The molecule has 1 aromatic rings. The molecule has 1 rings (SSSR count). The van der Waals surface area contributed by atoms with E-state index in [1.807, 2.05) is 11.7 Å². The van der Waals surface area contributed by atoms with E-state index in [0.717, 1.165) is 12.1 Å². The van der Waals surface area contributed by atoms with Gasteiger partial charge in [-0.1, -0.05) is 18.5 Å². The summed E-state index contributed by atoms with van der Waals surface area (Å²) in [6, 6.07) is 0.0920. The van der Waals surface area contributed by atoms with E-state index in [2.05, 4.69) is 43.3 Å². The van der Waals surface area contributed by atoms with Gasteiger partial charge in [0.2, 0.25) is 0 Å². The molecule has 2 unspecified atom stereocenters. The van der Waals surface area contributed by atoms with Crippen molar-refractivity contribution in [1.29, 1.82) is 0 Å². The Balaban J connectivity index is 3.20. The van der Waals surface area contributed by atoms with Gasteiger partial charge in [0, 0.05) is 12.6 Å². The molecule has 2 atom stereocenters. The fraction of sp³-hybridized carbons (Fsp3) is 0.786. The zero-order valence-corrected chi connectivity index (χ0v) is 14.2. The molecule has 116 valence electrons. The zero-order chi connectivity index (χ0) is 15.3. The third-order valence-electron chi connectivity index (χ3n) is 4.26. The van der Waals surface area contributed by atoms with Crippen molar-refractivity contribution in [3.63, 3.8) is 0 Å². The van der Waals surface area contributed by atoms with Crippen LogP contribution in [0.5, 0.6) is 0 Å². The molecule has 0 fully saturated rings. The SMILES string of the molecule is CCC(C)(C(NC)c1c(Cl)cnn1CCOC)N(C)C. The Morgan fingerprint density at radius 1 is 1.55 bits per heavy atom. The van der Waals surface area contributed by atoms with Gasteiger partial charge in [-0.15, -0.1) is 0 Å². The van der Waals surface area contributed by atoms with Crippen LogP contribution in [0.2, 0.25) is 5.02 Å². The second-order valence-corrected chi connectivity index (χ2v) is 5.83. The molecule has 0 spiro atoms. The average Bonchev–Trinajstić information content (AvgIpc) is 2.78. The molecule has 0 bridgehead atoms. The molecule has 0 radical (unpaired) electrons. The molecule has 0 aliphatic carbocycles. The van der Waals surface area contributed by atoms with E-state index >= 15 is 0 Å². The summed E-state index contributed by atoms with van der Waals surface area (Å²) in [6.07, 6.45) is 2.71. The van der Waals surface area contributed by atoms with Gasteiger partial charge >= 0.3 is 0 Å². The summed E-state index contributed by atoms with van der Waals surface area (Å²) in [4.78, 5) is 2.23. The molecule has 1 aromatic heterocycles. The Bertz CT molecular complexity index is 421. The third-order valence-corrected chi connectivity index (χ3v) is 4.55. The fourth-order valence-electron chi connectivity index (χ4n) is 2.54. The summed E-state index contributed by atoms with van der Waals surface area (Å²) in [5.41, 5.74) is 0.966. The molecule has 5 nitrogen and oxygen atoms in total. The van der Waals surface area contributed by atoms with Crippen LogP contribution in [0.1, 0.15) is 32.0 Å². The Morgan fingerprint density at radius 3 is 2.65 bits per heavy atom. The summed E-state index contributed by atoms with van der Waals surface area (Å²) in [7, 11) is 7.84. The molecule has 1 heterocycles. The third kappa shape index (κ3) is 3.34. The number of methoxy groups -OCH3 is 1. The van der Waals surface area contributed by atoms with Crippen LogP contribution < -0.4 is 5.32 Å². The minimum Gasteiger partial charge on any atom is -0.383 e. The molecule has 0 aliphatic heterocycles. The van der Waals surface area contributed by atoms with Crippen molar-refractivity contribution >= 4 is 11.6 Å². The first-order chi connectivity index (χ1) is 9.42. The lowest BCUT2D eigenvalue weighted by Gasteiger charge is -2.42. The first-order valence-corrected chi connectivity index (χ1v) is 7.35. The Labute approximate surface area is 127 Å². The zero-order valence-electron chi connectivity index (χ0n) is 13.4. The van der Waals surface area contributed by atoms with Crippen LogP contribution in [0.15, 0.2) is 6.20 Å². The summed E-state index contributed by atoms with van der Waals surface area (Å²) < 4.78 is 7.08. The van der Waals surface area contributed by atoms with Gasteiger partial charge in [0.15, 0.2) is 0 Å². The lowest BCUT2D eigenvalue weighted by molar-refractivity contribution is 0.110. The first kappa shape index (κ1) is 17.4. The highest BCUT2D eigenvalue weighted by atomic mass is 35.5. The number of ether oxygens (including phenoxy) is 1. The van der Waals surface area contributed by atoms with E-state index in [4.69, 9.17) is 16.3 Å². The van der Waals surface area contributed by atoms with Crippen LogP contribution in [0.3, 0.4) is 0 Å². The molecular weight excluding hydrogens is 276 g/mol. The van der Waals surface area contributed by atoms with Gasteiger partial charge in [-0.25, -0.2) is 0 Å². The number of hydrogen-bond donors (Lipinski definition) is 1. The van der Waals surface area contributed by atoms with Gasteiger partial charge < -0.3 is 15.0 Å². The van der Waals surface area contributed by atoms with Crippen molar-refractivity contribution in [2.24, 2.45) is 0 Å². The largest absolute Gasteiger partial charge is 0.383 e. The van der Waals surface area contributed by atoms with E-state index in [1.54, 1.807) is 13.3 Å². The van der Waals surface area contributed by atoms with Gasteiger partial charge in [0.05, 0.1) is 36.1 Å². The minimum atomic E-state index is -0.0523. The smallest absolute Gasteiger partial charge is 0.0834 e. The van der Waals surface area contributed by atoms with Crippen LogP contribution >= 0.6 is 11.6 Å². The maximum absolute atomic E-state index is 6.38. The van der Waals surface area contributed by atoms with Crippen LogP contribution in [0, 0.1) is 0 Å². The standard InChI is InChI=1S/C14H27ClN4O/c1-7-14(2,18(4)5)13(16-3)12-11(15)10-17-19(12)8-9-20-6/h10,13,16H,7-9H2,1-6H3. The Morgan fingerprint density at radius 2 is 2.20 bits per heavy atom. The molecular formula is C14H27ClN4O. The van der Waals surface area contributed by atoms with Gasteiger partial charge in [-0.2, -0.15) is 5.10 Å². The summed E-state index contributed by atoms with van der Waals surface area (Å²) in [5, 5.41) is 8.48. The molecule has 0 aliphatic rings. The number of hydrogen-bond acceptors (Lipinski definition) is 4. The number of aromatic nitrogens is 2. The van der Waals surface area contributed by atoms with Gasteiger partial charge in [-0.3, -0.25) is 4.68 Å². The highest BCUT2D eigenvalue weighted by Gasteiger charge is 2.38. The number of likely N-dealkylation sites (N-methyl/N-ethyl adjacent to an activating group) is 2. The highest BCUT2D eigenvalue weighted by Crippen LogP contribution is 2.35. The van der Waals surface area contributed by atoms with E-state index in [9.17, 15) is 0 Å². The van der Waals surface area contributed by atoms with Crippen molar-refractivity contribution in [2.45, 2.75) is 38.4 Å². The molecule has 1 N–H and O–H groups in total. The van der Waals surface area contributed by atoms with E-state index < -0.39 is 0 Å². The molecule has 0 saturated heterocycles. The van der Waals surface area contributed by atoms with Crippen LogP contribution in [-0.2, 0) is 11.3 Å². The minimum absolute atomic E-state index is 0.0523. The van der Waals surface area contributed by atoms with Crippen molar-refractivity contribution < 1.29 is 4.74 Å². The summed E-state index contributed by atoms with van der Waals surface area (Å²) >= 11 is 6.38. The van der Waals surface area contributed by atoms with Crippen molar-refractivity contribution in [1.82, 2.24) is 20.0 Å². The van der Waals surface area contributed by atoms with Crippen LogP contribution in [0.4, 0.5) is 0 Å². The van der Waals surface area contributed by atoms with Crippen LogP contribution in [-0.4, -0.2) is 55.1 Å². The Kier molecular flexibility index (Phi) is 6.45. The highest BCUT2D eigenvalue weighted by molar-refractivity contribution is 6.31. The Hall–Kier alpha value is -0.620. The van der Waals surface area contributed by atoms with Gasteiger partial charge in [-0.05, 0) is 34.5 Å². The second-order valence-electron chi connectivity index (χ2n) is 5.42. The molecule has 0 saturated carbocycles. The quantitative estimate of drug-likeness (QED) is 0.799. The predicted octanol–water partition coefficient (Wildman–Crippen LogP) is 2.17. The van der Waals surface area contributed by atoms with E-state index in [-0.39, 0.29) is 11.6 Å². The van der Waals surface area contributed by atoms with Crippen LogP contribution in [0.25, 0.3) is 0 Å². The van der Waals surface area contributed by atoms with Gasteiger partial charge in [0.1, 0.15) is 0 Å². The second kappa shape index (κ2) is 7.41. The van der Waals surface area contributed by atoms with Gasteiger partial charge in [0.25, 0.3) is 0 Å². The maximum atomic E-state index is 6.38. The number of nitrogens with zero attached hydrogens (tertiary/aromatic N) is 3. The number of rotatable bonds is 8. The summed E-state index contributed by atoms with van der Waals surface area (Å²) in [5.74, 6) is 0. The molecule has 0 amide bonds. The molecule has 20 heavy (non-hydrogen) atoms. The van der Waals surface area contributed by atoms with E-state index in [1.165, 1.54) is 0 Å². The summed E-state index contributed by atoms with van der Waals surface area (Å²) in [6.45, 7) is 5.74. The number of halogens is 1. The molecule has 6 heteroatoms. The normalized spacial score (nSPS) is 16.4. The van der Waals surface area contributed by atoms with E-state index in [0.29, 0.717) is 18.2 Å². The lowest BCUT2D eigenvalue weighted by Crippen LogP contribution is -2.51. The lowest BCUT2D eigenvalue weighted by atomic mass is 9.86. The van der Waals surface area contributed by atoms with Crippen molar-refractivity contribution in [3.05, 3.63) is 16.9 Å². The average molecular weight is 303 g/mol. The van der Waals surface area contributed by atoms with Crippen molar-refractivity contribution in [3.8, 4) is 0 Å². The topological polar surface area (TPSA) is 42.3 Å². The fourth-order valence-corrected chi connectivity index (χ4v) is 2.79. The van der Waals surface area contributed by atoms with Crippen molar-refractivity contribution in [2.75, 3.05) is 34.9 Å². The maximum Gasteiger partial charge on any atom is 0.0834 e.